The van der Waals surface area contributed by atoms with Crippen LogP contribution in [0.2, 0.25) is 0 Å². The summed E-state index contributed by atoms with van der Waals surface area (Å²) in [5.41, 5.74) is 2.52. The summed E-state index contributed by atoms with van der Waals surface area (Å²) in [5.74, 6) is 0.338. The molecule has 1 saturated carbocycles. The summed E-state index contributed by atoms with van der Waals surface area (Å²) in [6, 6.07) is 10.6. The minimum Gasteiger partial charge on any atom is -0.466 e. The van der Waals surface area contributed by atoms with E-state index in [-0.39, 0.29) is 11.9 Å². The van der Waals surface area contributed by atoms with Crippen LogP contribution in [0.5, 0.6) is 0 Å². The molecule has 5 nitrogen and oxygen atoms in total. The lowest BCUT2D eigenvalue weighted by Gasteiger charge is -2.31. The Morgan fingerprint density at radius 3 is 2.85 bits per heavy atom. The molecule has 5 heteroatoms. The van der Waals surface area contributed by atoms with Gasteiger partial charge in [-0.25, -0.2) is 0 Å². The molecule has 148 valence electrons. The van der Waals surface area contributed by atoms with Crippen molar-refractivity contribution in [2.75, 3.05) is 32.8 Å². The fourth-order valence-electron chi connectivity index (χ4n) is 4.16. The van der Waals surface area contributed by atoms with Crippen molar-refractivity contribution in [1.29, 1.82) is 0 Å². The summed E-state index contributed by atoms with van der Waals surface area (Å²) >= 11 is 0. The first-order valence-corrected chi connectivity index (χ1v) is 10.4. The number of carbonyl (C=O) groups excluding carboxylic acids is 1. The number of oxime groups is 1. The van der Waals surface area contributed by atoms with Crippen LogP contribution in [-0.2, 0) is 14.4 Å². The molecule has 1 aliphatic carbocycles. The minimum atomic E-state index is -0.0590. The maximum absolute atomic E-state index is 11.9. The molecule has 0 amide bonds. The Kier molecular flexibility index (Phi) is 7.69. The number of rotatable bonds is 7. The Labute approximate surface area is 162 Å². The van der Waals surface area contributed by atoms with Gasteiger partial charge >= 0.3 is 5.97 Å². The van der Waals surface area contributed by atoms with Crippen molar-refractivity contribution in [1.82, 2.24) is 4.90 Å². The number of piperidine rings is 1. The van der Waals surface area contributed by atoms with Gasteiger partial charge in [-0.1, -0.05) is 41.9 Å². The van der Waals surface area contributed by atoms with Crippen LogP contribution < -0.4 is 0 Å². The molecule has 2 atom stereocenters. The van der Waals surface area contributed by atoms with Crippen molar-refractivity contribution >= 4 is 11.7 Å². The normalized spacial score (nSPS) is 25.3. The van der Waals surface area contributed by atoms with E-state index in [9.17, 15) is 4.79 Å². The fourth-order valence-corrected chi connectivity index (χ4v) is 4.16. The Morgan fingerprint density at radius 2 is 2.04 bits per heavy atom. The van der Waals surface area contributed by atoms with Crippen LogP contribution in [0.15, 0.2) is 35.5 Å². The second-order valence-electron chi connectivity index (χ2n) is 7.52. The molecule has 27 heavy (non-hydrogen) atoms. The standard InChI is InChI=1S/C22H32N2O3/c1-2-26-22(25)19-11-8-14-24(17-19)15-16-27-23-21-13-7-6-12-20(21)18-9-4-3-5-10-18/h3-5,9-10,19-20H,2,6-8,11-17H2,1H3/t19-,20?/m1/s1. The average Bonchev–Trinajstić information content (AvgIpc) is 2.72. The second-order valence-corrected chi connectivity index (χ2v) is 7.52. The van der Waals surface area contributed by atoms with Gasteiger partial charge in [-0.05, 0) is 51.1 Å². The molecule has 0 spiro atoms. The van der Waals surface area contributed by atoms with E-state index in [1.807, 2.05) is 6.92 Å². The minimum absolute atomic E-state index is 0.00539. The van der Waals surface area contributed by atoms with Crippen molar-refractivity contribution in [3.8, 4) is 0 Å². The predicted octanol–water partition coefficient (Wildman–Crippen LogP) is 3.99. The zero-order valence-corrected chi connectivity index (χ0v) is 16.4. The van der Waals surface area contributed by atoms with Crippen molar-refractivity contribution < 1.29 is 14.4 Å². The van der Waals surface area contributed by atoms with E-state index in [4.69, 9.17) is 9.57 Å². The second kappa shape index (κ2) is 10.5. The quantitative estimate of drug-likeness (QED) is 0.412. The summed E-state index contributed by atoms with van der Waals surface area (Å²) < 4.78 is 5.17. The van der Waals surface area contributed by atoms with Gasteiger partial charge in [-0.2, -0.15) is 0 Å². The summed E-state index contributed by atoms with van der Waals surface area (Å²) in [7, 11) is 0. The molecule has 2 fully saturated rings. The van der Waals surface area contributed by atoms with Crippen LogP contribution in [0, 0.1) is 5.92 Å². The van der Waals surface area contributed by atoms with Gasteiger partial charge in [0.1, 0.15) is 6.61 Å². The van der Waals surface area contributed by atoms with E-state index in [0.29, 0.717) is 19.1 Å². The third-order valence-corrected chi connectivity index (χ3v) is 5.59. The zero-order valence-electron chi connectivity index (χ0n) is 16.4. The lowest BCUT2D eigenvalue weighted by Crippen LogP contribution is -2.40. The largest absolute Gasteiger partial charge is 0.466 e. The van der Waals surface area contributed by atoms with E-state index in [1.54, 1.807) is 0 Å². The maximum atomic E-state index is 11.9. The summed E-state index contributed by atoms with van der Waals surface area (Å²) in [6.07, 6.45) is 6.58. The fraction of sp³-hybridized carbons (Fsp3) is 0.636. The summed E-state index contributed by atoms with van der Waals surface area (Å²) in [6.45, 7) is 5.48. The topological polar surface area (TPSA) is 51.1 Å². The number of benzene rings is 1. The highest BCUT2D eigenvalue weighted by Crippen LogP contribution is 2.30. The van der Waals surface area contributed by atoms with Gasteiger partial charge in [0.15, 0.2) is 0 Å². The van der Waals surface area contributed by atoms with Gasteiger partial charge in [0.05, 0.1) is 18.2 Å². The number of likely N-dealkylation sites (tertiary alicyclic amines) is 1. The Hall–Kier alpha value is -1.88. The van der Waals surface area contributed by atoms with Crippen LogP contribution in [0.4, 0.5) is 0 Å². The van der Waals surface area contributed by atoms with E-state index < -0.39 is 0 Å². The van der Waals surface area contributed by atoms with Crippen molar-refractivity contribution in [3.05, 3.63) is 35.9 Å². The molecule has 0 radical (unpaired) electrons. The molecular formula is C22H32N2O3. The number of ether oxygens (including phenoxy) is 1. The molecule has 0 bridgehead atoms. The van der Waals surface area contributed by atoms with E-state index in [1.165, 1.54) is 24.1 Å². The van der Waals surface area contributed by atoms with E-state index in [2.05, 4.69) is 40.4 Å². The first-order chi connectivity index (χ1) is 13.3. The lowest BCUT2D eigenvalue weighted by atomic mass is 9.82. The maximum Gasteiger partial charge on any atom is 0.310 e. The highest BCUT2D eigenvalue weighted by Gasteiger charge is 2.27. The van der Waals surface area contributed by atoms with Crippen LogP contribution in [0.1, 0.15) is 56.9 Å². The van der Waals surface area contributed by atoms with E-state index in [0.717, 1.165) is 45.3 Å². The Balaban J connectivity index is 1.47. The van der Waals surface area contributed by atoms with Gasteiger partial charge in [0.25, 0.3) is 0 Å². The molecule has 1 saturated heterocycles. The first kappa shape index (κ1) is 19.9. The van der Waals surface area contributed by atoms with E-state index >= 15 is 0 Å². The molecule has 1 heterocycles. The van der Waals surface area contributed by atoms with Gasteiger partial charge in [-0.3, -0.25) is 9.69 Å². The molecule has 1 unspecified atom stereocenters. The monoisotopic (exact) mass is 372 g/mol. The van der Waals surface area contributed by atoms with Crippen molar-refractivity contribution in [2.24, 2.45) is 11.1 Å². The highest BCUT2D eigenvalue weighted by molar-refractivity contribution is 5.91. The van der Waals surface area contributed by atoms with Crippen LogP contribution in [0.3, 0.4) is 0 Å². The Bertz CT molecular complexity index is 617. The number of hydrogen-bond donors (Lipinski definition) is 0. The predicted molar refractivity (Wildman–Crippen MR) is 107 cm³/mol. The van der Waals surface area contributed by atoms with Gasteiger partial charge in [0, 0.05) is 19.0 Å². The van der Waals surface area contributed by atoms with Gasteiger partial charge in [-0.15, -0.1) is 0 Å². The number of nitrogens with zero attached hydrogens (tertiary/aromatic N) is 2. The van der Waals surface area contributed by atoms with Crippen molar-refractivity contribution in [3.63, 3.8) is 0 Å². The molecule has 3 rings (SSSR count). The number of hydrogen-bond acceptors (Lipinski definition) is 5. The van der Waals surface area contributed by atoms with Gasteiger partial charge < -0.3 is 9.57 Å². The molecule has 0 N–H and O–H groups in total. The molecule has 1 aromatic carbocycles. The first-order valence-electron chi connectivity index (χ1n) is 10.4. The molecule has 1 aromatic rings. The zero-order chi connectivity index (χ0) is 18.9. The number of esters is 1. The third-order valence-electron chi connectivity index (χ3n) is 5.59. The van der Waals surface area contributed by atoms with Gasteiger partial charge in [0.2, 0.25) is 0 Å². The smallest absolute Gasteiger partial charge is 0.310 e. The highest BCUT2D eigenvalue weighted by atomic mass is 16.6. The molecule has 1 aliphatic heterocycles. The average molecular weight is 373 g/mol. The molecule has 2 aliphatic rings. The lowest BCUT2D eigenvalue weighted by molar-refractivity contribution is -0.150. The SMILES string of the molecule is CCOC(=O)[C@@H]1CCCN(CCON=C2CCCCC2c2ccccc2)C1. The summed E-state index contributed by atoms with van der Waals surface area (Å²) in [4.78, 5) is 19.9. The van der Waals surface area contributed by atoms with Crippen molar-refractivity contribution in [2.45, 2.75) is 51.4 Å². The molecule has 0 aromatic heterocycles. The summed E-state index contributed by atoms with van der Waals surface area (Å²) in [5, 5.41) is 4.51. The third kappa shape index (κ3) is 5.80. The number of carbonyl (C=O) groups is 1. The molecular weight excluding hydrogens is 340 g/mol. The van der Waals surface area contributed by atoms with Crippen LogP contribution in [-0.4, -0.2) is 49.4 Å². The Morgan fingerprint density at radius 1 is 1.19 bits per heavy atom. The van der Waals surface area contributed by atoms with Crippen LogP contribution in [0.25, 0.3) is 0 Å². The van der Waals surface area contributed by atoms with Crippen LogP contribution >= 0.6 is 0 Å².